The van der Waals surface area contributed by atoms with Crippen LogP contribution in [0.3, 0.4) is 0 Å². The van der Waals surface area contributed by atoms with Crippen LogP contribution in [0.4, 0.5) is 0 Å². The molecule has 3 N–H and O–H groups in total. The predicted molar refractivity (Wildman–Crippen MR) is 78.1 cm³/mol. The Morgan fingerprint density at radius 2 is 2.26 bits per heavy atom. The molecule has 1 atom stereocenters. The average Bonchev–Trinajstić information content (AvgIpc) is 2.88. The molecule has 0 aromatic carbocycles. The topological polar surface area (TPSA) is 60.2 Å². The summed E-state index contributed by atoms with van der Waals surface area (Å²) in [6.45, 7) is 3.99. The lowest BCUT2D eigenvalue weighted by Gasteiger charge is -2.17. The SMILES string of the molecule is CC(C)Oc1cncc(C(Cc2ccsc2)NN)c1. The second-order valence-corrected chi connectivity index (χ2v) is 5.46. The molecule has 0 saturated carbocycles. The van der Waals surface area contributed by atoms with Crippen LogP contribution in [0, 0.1) is 0 Å². The van der Waals surface area contributed by atoms with Gasteiger partial charge in [0.15, 0.2) is 0 Å². The summed E-state index contributed by atoms with van der Waals surface area (Å²) >= 11 is 1.69. The van der Waals surface area contributed by atoms with Crippen molar-refractivity contribution in [2.75, 3.05) is 0 Å². The first-order valence-corrected chi connectivity index (χ1v) is 7.22. The number of pyridine rings is 1. The van der Waals surface area contributed by atoms with Crippen LogP contribution in [0.25, 0.3) is 0 Å². The molecule has 0 spiro atoms. The largest absolute Gasteiger partial charge is 0.489 e. The molecule has 0 radical (unpaired) electrons. The number of nitrogens with zero attached hydrogens (tertiary/aromatic N) is 1. The third kappa shape index (κ3) is 4.02. The van der Waals surface area contributed by atoms with Gasteiger partial charge in [0.2, 0.25) is 0 Å². The summed E-state index contributed by atoms with van der Waals surface area (Å²) in [6.07, 6.45) is 4.52. The summed E-state index contributed by atoms with van der Waals surface area (Å²) in [7, 11) is 0. The van der Waals surface area contributed by atoms with Crippen LogP contribution in [-0.2, 0) is 6.42 Å². The van der Waals surface area contributed by atoms with Gasteiger partial charge < -0.3 is 4.74 Å². The number of hydrazine groups is 1. The van der Waals surface area contributed by atoms with E-state index >= 15 is 0 Å². The summed E-state index contributed by atoms with van der Waals surface area (Å²) in [5, 5.41) is 4.20. The van der Waals surface area contributed by atoms with E-state index in [1.807, 2.05) is 26.1 Å². The van der Waals surface area contributed by atoms with Crippen LogP contribution in [0.15, 0.2) is 35.3 Å². The minimum Gasteiger partial charge on any atom is -0.489 e. The van der Waals surface area contributed by atoms with Gasteiger partial charge >= 0.3 is 0 Å². The van der Waals surface area contributed by atoms with E-state index in [0.29, 0.717) is 0 Å². The number of nitrogens with two attached hydrogens (primary N) is 1. The summed E-state index contributed by atoms with van der Waals surface area (Å²) in [6, 6.07) is 4.14. The monoisotopic (exact) mass is 277 g/mol. The Kier molecular flexibility index (Phi) is 4.90. The van der Waals surface area contributed by atoms with Crippen molar-refractivity contribution in [3.63, 3.8) is 0 Å². The molecule has 2 aromatic rings. The number of thiophene rings is 1. The fraction of sp³-hybridized carbons (Fsp3) is 0.357. The van der Waals surface area contributed by atoms with Crippen molar-refractivity contribution in [1.82, 2.24) is 10.4 Å². The van der Waals surface area contributed by atoms with Gasteiger partial charge in [-0.15, -0.1) is 0 Å². The van der Waals surface area contributed by atoms with E-state index in [-0.39, 0.29) is 12.1 Å². The van der Waals surface area contributed by atoms with Crippen molar-refractivity contribution >= 4 is 11.3 Å². The van der Waals surface area contributed by atoms with Crippen LogP contribution < -0.4 is 16.0 Å². The molecule has 2 aromatic heterocycles. The first-order valence-electron chi connectivity index (χ1n) is 6.28. The molecule has 0 aliphatic rings. The maximum atomic E-state index is 5.66. The van der Waals surface area contributed by atoms with Crippen molar-refractivity contribution in [3.05, 3.63) is 46.4 Å². The van der Waals surface area contributed by atoms with Gasteiger partial charge in [-0.3, -0.25) is 16.3 Å². The zero-order valence-electron chi connectivity index (χ0n) is 11.2. The first kappa shape index (κ1) is 14.0. The average molecular weight is 277 g/mol. The number of hydrogen-bond donors (Lipinski definition) is 2. The lowest BCUT2D eigenvalue weighted by molar-refractivity contribution is 0.241. The molecule has 0 amide bonds. The smallest absolute Gasteiger partial charge is 0.138 e. The van der Waals surface area contributed by atoms with Crippen molar-refractivity contribution in [3.8, 4) is 5.75 Å². The van der Waals surface area contributed by atoms with E-state index < -0.39 is 0 Å². The second kappa shape index (κ2) is 6.65. The molecule has 0 fully saturated rings. The van der Waals surface area contributed by atoms with Crippen molar-refractivity contribution in [2.45, 2.75) is 32.4 Å². The predicted octanol–water partition coefficient (Wildman–Crippen LogP) is 2.68. The minimum atomic E-state index is 0.0396. The number of hydrogen-bond acceptors (Lipinski definition) is 5. The standard InChI is InChI=1S/C14H19N3OS/c1-10(2)18-13-6-12(7-16-8-13)14(17-15)5-11-3-4-19-9-11/h3-4,6-10,14,17H,5,15H2,1-2H3. The lowest BCUT2D eigenvalue weighted by atomic mass is 10.0. The normalized spacial score (nSPS) is 12.6. The molecule has 4 nitrogen and oxygen atoms in total. The highest BCUT2D eigenvalue weighted by atomic mass is 32.1. The molecule has 1 unspecified atom stereocenters. The summed E-state index contributed by atoms with van der Waals surface area (Å²) in [5.74, 6) is 6.43. The Hall–Kier alpha value is -1.43. The second-order valence-electron chi connectivity index (χ2n) is 4.68. The summed E-state index contributed by atoms with van der Waals surface area (Å²) < 4.78 is 5.66. The molecular weight excluding hydrogens is 258 g/mol. The van der Waals surface area contributed by atoms with E-state index in [4.69, 9.17) is 10.6 Å². The van der Waals surface area contributed by atoms with Crippen LogP contribution in [0.2, 0.25) is 0 Å². The van der Waals surface area contributed by atoms with E-state index in [1.54, 1.807) is 17.5 Å². The van der Waals surface area contributed by atoms with Gasteiger partial charge in [-0.25, -0.2) is 0 Å². The van der Waals surface area contributed by atoms with Crippen LogP contribution >= 0.6 is 11.3 Å². The van der Waals surface area contributed by atoms with Gasteiger partial charge in [0.05, 0.1) is 18.3 Å². The van der Waals surface area contributed by atoms with Gasteiger partial charge in [0, 0.05) is 6.20 Å². The third-order valence-electron chi connectivity index (χ3n) is 2.73. The number of ether oxygens (including phenoxy) is 1. The Bertz CT molecular complexity index is 499. The van der Waals surface area contributed by atoms with Crippen LogP contribution in [0.1, 0.15) is 31.0 Å². The van der Waals surface area contributed by atoms with Gasteiger partial charge in [-0.05, 0) is 54.3 Å². The molecule has 19 heavy (non-hydrogen) atoms. The van der Waals surface area contributed by atoms with Crippen molar-refractivity contribution in [1.29, 1.82) is 0 Å². The molecular formula is C14H19N3OS. The fourth-order valence-electron chi connectivity index (χ4n) is 1.88. The quantitative estimate of drug-likeness (QED) is 0.629. The molecule has 0 bridgehead atoms. The molecule has 2 rings (SSSR count). The Labute approximate surface area is 117 Å². The number of rotatable bonds is 6. The van der Waals surface area contributed by atoms with Crippen LogP contribution in [-0.4, -0.2) is 11.1 Å². The molecule has 2 heterocycles. The van der Waals surface area contributed by atoms with Gasteiger partial charge in [0.25, 0.3) is 0 Å². The van der Waals surface area contributed by atoms with E-state index in [0.717, 1.165) is 17.7 Å². The van der Waals surface area contributed by atoms with Crippen molar-refractivity contribution in [2.24, 2.45) is 5.84 Å². The molecule has 0 aliphatic heterocycles. The molecule has 0 saturated heterocycles. The summed E-state index contributed by atoms with van der Waals surface area (Å²) in [5.41, 5.74) is 5.15. The number of aromatic nitrogens is 1. The summed E-state index contributed by atoms with van der Waals surface area (Å²) in [4.78, 5) is 4.22. The Balaban J connectivity index is 2.13. The Morgan fingerprint density at radius 1 is 1.42 bits per heavy atom. The fourth-order valence-corrected chi connectivity index (χ4v) is 2.56. The highest BCUT2D eigenvalue weighted by Crippen LogP contribution is 2.22. The van der Waals surface area contributed by atoms with Gasteiger partial charge in [-0.1, -0.05) is 0 Å². The van der Waals surface area contributed by atoms with Gasteiger partial charge in [0.1, 0.15) is 5.75 Å². The number of nitrogens with one attached hydrogen (secondary N) is 1. The molecule has 0 aliphatic carbocycles. The minimum absolute atomic E-state index is 0.0396. The maximum absolute atomic E-state index is 5.66. The maximum Gasteiger partial charge on any atom is 0.138 e. The van der Waals surface area contributed by atoms with E-state index in [9.17, 15) is 0 Å². The van der Waals surface area contributed by atoms with E-state index in [1.165, 1.54) is 5.56 Å². The highest BCUT2D eigenvalue weighted by Gasteiger charge is 2.12. The lowest BCUT2D eigenvalue weighted by Crippen LogP contribution is -2.29. The third-order valence-corrected chi connectivity index (χ3v) is 3.46. The van der Waals surface area contributed by atoms with Crippen molar-refractivity contribution < 1.29 is 4.74 Å². The van der Waals surface area contributed by atoms with Crippen LogP contribution in [0.5, 0.6) is 5.75 Å². The zero-order chi connectivity index (χ0) is 13.7. The first-order chi connectivity index (χ1) is 9.19. The Morgan fingerprint density at radius 3 is 2.89 bits per heavy atom. The van der Waals surface area contributed by atoms with Gasteiger partial charge in [-0.2, -0.15) is 11.3 Å². The van der Waals surface area contributed by atoms with E-state index in [2.05, 4.69) is 27.2 Å². The molecule has 5 heteroatoms. The molecule has 102 valence electrons. The zero-order valence-corrected chi connectivity index (χ0v) is 12.0. The highest BCUT2D eigenvalue weighted by molar-refractivity contribution is 7.07.